The molecule has 0 atom stereocenters. The summed E-state index contributed by atoms with van der Waals surface area (Å²) >= 11 is 0. The van der Waals surface area contributed by atoms with E-state index < -0.39 is 0 Å². The van der Waals surface area contributed by atoms with Crippen molar-refractivity contribution in [3.63, 3.8) is 0 Å². The fourth-order valence-electron chi connectivity index (χ4n) is 1.75. The lowest BCUT2D eigenvalue weighted by atomic mass is 10.2. The van der Waals surface area contributed by atoms with Gasteiger partial charge in [0.1, 0.15) is 17.7 Å². The number of phenolic OH excluding ortho intramolecular Hbond substituents is 1. The van der Waals surface area contributed by atoms with Gasteiger partial charge in [0.25, 0.3) is 0 Å². The third-order valence-corrected chi connectivity index (χ3v) is 2.76. The van der Waals surface area contributed by atoms with Crippen LogP contribution in [0.1, 0.15) is 10.4 Å². The first-order valence-corrected chi connectivity index (χ1v) is 5.86. The van der Waals surface area contributed by atoms with E-state index in [9.17, 15) is 9.90 Å². The molecule has 0 saturated heterocycles. The van der Waals surface area contributed by atoms with Gasteiger partial charge in [-0.1, -0.05) is 0 Å². The Morgan fingerprint density at radius 2 is 1.90 bits per heavy atom. The first-order chi connectivity index (χ1) is 9.76. The topological polar surface area (TPSA) is 80.5 Å². The average molecular weight is 270 g/mol. The predicted molar refractivity (Wildman–Crippen MR) is 70.2 cm³/mol. The van der Waals surface area contributed by atoms with Crippen LogP contribution in [0.4, 0.5) is 11.4 Å². The van der Waals surface area contributed by atoms with Crippen LogP contribution < -0.4 is 9.47 Å². The van der Waals surface area contributed by atoms with Gasteiger partial charge in [0, 0.05) is 11.6 Å². The number of carbonyl (C=O) groups excluding carboxylic acids is 1. The van der Waals surface area contributed by atoms with E-state index in [0.29, 0.717) is 29.0 Å². The molecule has 1 aliphatic rings. The van der Waals surface area contributed by atoms with E-state index in [1.807, 2.05) is 0 Å². The fourth-order valence-corrected chi connectivity index (χ4v) is 1.75. The van der Waals surface area contributed by atoms with E-state index in [4.69, 9.17) is 9.47 Å². The molecule has 0 amide bonds. The minimum absolute atomic E-state index is 0.0416. The number of aromatic hydroxyl groups is 1. The van der Waals surface area contributed by atoms with E-state index in [2.05, 4.69) is 10.2 Å². The van der Waals surface area contributed by atoms with Crippen molar-refractivity contribution in [2.75, 3.05) is 6.79 Å². The highest BCUT2D eigenvalue weighted by Crippen LogP contribution is 2.36. The van der Waals surface area contributed by atoms with Crippen LogP contribution >= 0.6 is 0 Å². The number of hydrogen-bond donors (Lipinski definition) is 1. The van der Waals surface area contributed by atoms with Gasteiger partial charge in [-0.3, -0.25) is 4.79 Å². The number of carbonyl (C=O) groups is 1. The van der Waals surface area contributed by atoms with Crippen LogP contribution in [0.5, 0.6) is 17.2 Å². The normalized spacial score (nSPS) is 12.8. The zero-order chi connectivity index (χ0) is 13.9. The molecule has 6 heteroatoms. The largest absolute Gasteiger partial charge is 0.506 e. The molecular formula is C14H10N2O4. The molecule has 2 aromatic rings. The molecule has 1 aliphatic heterocycles. The van der Waals surface area contributed by atoms with E-state index in [0.717, 1.165) is 0 Å². The van der Waals surface area contributed by atoms with Crippen molar-refractivity contribution in [2.45, 2.75) is 0 Å². The van der Waals surface area contributed by atoms with Gasteiger partial charge in [-0.2, -0.15) is 5.11 Å². The summed E-state index contributed by atoms with van der Waals surface area (Å²) in [6.07, 6.45) is 0.680. The van der Waals surface area contributed by atoms with Crippen LogP contribution in [-0.4, -0.2) is 18.2 Å². The van der Waals surface area contributed by atoms with Gasteiger partial charge in [0.2, 0.25) is 6.79 Å². The third kappa shape index (κ3) is 2.31. The summed E-state index contributed by atoms with van der Waals surface area (Å²) in [7, 11) is 0. The smallest absolute Gasteiger partial charge is 0.231 e. The Kier molecular flexibility index (Phi) is 3.04. The molecule has 2 aromatic carbocycles. The lowest BCUT2D eigenvalue weighted by Crippen LogP contribution is -1.92. The molecule has 100 valence electrons. The van der Waals surface area contributed by atoms with Crippen molar-refractivity contribution in [2.24, 2.45) is 10.2 Å². The molecule has 0 fully saturated rings. The summed E-state index contributed by atoms with van der Waals surface area (Å²) < 4.78 is 10.4. The van der Waals surface area contributed by atoms with Gasteiger partial charge in [0.05, 0.1) is 5.69 Å². The standard InChI is InChI=1S/C14H10N2O4/c17-7-9-1-3-12(18)11(5-9)16-15-10-2-4-13-14(6-10)20-8-19-13/h1-7,18H,8H2. The molecule has 0 saturated carbocycles. The van der Waals surface area contributed by atoms with Crippen molar-refractivity contribution in [3.05, 3.63) is 42.0 Å². The SMILES string of the molecule is O=Cc1ccc(O)c(N=Nc2ccc3c(c2)OCO3)c1. The Morgan fingerprint density at radius 3 is 2.75 bits per heavy atom. The molecule has 20 heavy (non-hydrogen) atoms. The van der Waals surface area contributed by atoms with E-state index in [-0.39, 0.29) is 18.2 Å². The van der Waals surface area contributed by atoms with Gasteiger partial charge in [-0.05, 0) is 30.3 Å². The molecule has 6 nitrogen and oxygen atoms in total. The second kappa shape index (κ2) is 5.00. The highest BCUT2D eigenvalue weighted by molar-refractivity contribution is 5.77. The molecule has 0 aliphatic carbocycles. The van der Waals surface area contributed by atoms with Crippen molar-refractivity contribution in [1.29, 1.82) is 0 Å². The maximum Gasteiger partial charge on any atom is 0.231 e. The predicted octanol–water partition coefficient (Wildman–Crippen LogP) is 3.35. The number of fused-ring (bicyclic) bond motifs is 1. The number of nitrogens with zero attached hydrogens (tertiary/aromatic N) is 2. The quantitative estimate of drug-likeness (QED) is 0.685. The van der Waals surface area contributed by atoms with E-state index in [1.165, 1.54) is 18.2 Å². The average Bonchev–Trinajstić information content (AvgIpc) is 2.94. The summed E-state index contributed by atoms with van der Waals surface area (Å²) in [5, 5.41) is 17.6. The molecule has 0 unspecified atom stereocenters. The van der Waals surface area contributed by atoms with Crippen molar-refractivity contribution in [3.8, 4) is 17.2 Å². The van der Waals surface area contributed by atoms with Crippen LogP contribution in [0.25, 0.3) is 0 Å². The van der Waals surface area contributed by atoms with Gasteiger partial charge in [-0.25, -0.2) is 0 Å². The number of hydrogen-bond acceptors (Lipinski definition) is 6. The maximum absolute atomic E-state index is 10.7. The first-order valence-electron chi connectivity index (χ1n) is 5.86. The zero-order valence-electron chi connectivity index (χ0n) is 10.3. The van der Waals surface area contributed by atoms with Crippen LogP contribution in [0.2, 0.25) is 0 Å². The van der Waals surface area contributed by atoms with Crippen molar-refractivity contribution in [1.82, 2.24) is 0 Å². The Bertz CT molecular complexity index is 698. The Labute approximate surface area is 114 Å². The molecule has 0 spiro atoms. The zero-order valence-corrected chi connectivity index (χ0v) is 10.3. The Hall–Kier alpha value is -2.89. The first kappa shape index (κ1) is 12.2. The number of benzene rings is 2. The molecule has 1 heterocycles. The van der Waals surface area contributed by atoms with Gasteiger partial charge in [0.15, 0.2) is 11.5 Å². The van der Waals surface area contributed by atoms with Gasteiger partial charge >= 0.3 is 0 Å². The molecule has 3 rings (SSSR count). The number of aldehydes is 1. The second-order valence-electron chi connectivity index (χ2n) is 4.10. The minimum atomic E-state index is -0.0416. The third-order valence-electron chi connectivity index (χ3n) is 2.76. The number of rotatable bonds is 3. The van der Waals surface area contributed by atoms with E-state index in [1.54, 1.807) is 18.2 Å². The van der Waals surface area contributed by atoms with Gasteiger partial charge < -0.3 is 14.6 Å². The molecule has 0 bridgehead atoms. The van der Waals surface area contributed by atoms with Crippen molar-refractivity contribution >= 4 is 17.7 Å². The summed E-state index contributed by atoms with van der Waals surface area (Å²) in [6.45, 7) is 0.193. The molecule has 0 aromatic heterocycles. The van der Waals surface area contributed by atoms with Crippen LogP contribution in [-0.2, 0) is 0 Å². The summed E-state index contributed by atoms with van der Waals surface area (Å²) in [4.78, 5) is 10.7. The summed E-state index contributed by atoms with van der Waals surface area (Å²) in [6, 6.07) is 9.50. The monoisotopic (exact) mass is 270 g/mol. The Morgan fingerprint density at radius 1 is 1.05 bits per heavy atom. The maximum atomic E-state index is 10.7. The molecular weight excluding hydrogens is 260 g/mol. The highest BCUT2D eigenvalue weighted by Gasteiger charge is 2.13. The molecule has 0 radical (unpaired) electrons. The highest BCUT2D eigenvalue weighted by atomic mass is 16.7. The van der Waals surface area contributed by atoms with Crippen LogP contribution in [0.3, 0.4) is 0 Å². The lowest BCUT2D eigenvalue weighted by molar-refractivity contribution is 0.112. The van der Waals surface area contributed by atoms with Crippen LogP contribution in [0.15, 0.2) is 46.6 Å². The van der Waals surface area contributed by atoms with Crippen molar-refractivity contribution < 1.29 is 19.4 Å². The van der Waals surface area contributed by atoms with Gasteiger partial charge in [-0.15, -0.1) is 5.11 Å². The summed E-state index contributed by atoms with van der Waals surface area (Å²) in [5.74, 6) is 1.22. The van der Waals surface area contributed by atoms with E-state index >= 15 is 0 Å². The number of phenols is 1. The lowest BCUT2D eigenvalue weighted by Gasteiger charge is -1.99. The number of ether oxygens (including phenoxy) is 2. The minimum Gasteiger partial charge on any atom is -0.506 e. The molecule has 1 N–H and O–H groups in total. The summed E-state index contributed by atoms with van der Waals surface area (Å²) in [5.41, 5.74) is 1.21. The Balaban J connectivity index is 1.88. The second-order valence-corrected chi connectivity index (χ2v) is 4.10. The fraction of sp³-hybridized carbons (Fsp3) is 0.0714. The van der Waals surface area contributed by atoms with Crippen LogP contribution in [0, 0.1) is 0 Å². The number of azo groups is 1.